The molecule has 0 spiro atoms. The minimum atomic E-state index is -0.963. The van der Waals surface area contributed by atoms with E-state index in [9.17, 15) is 57.5 Å². The van der Waals surface area contributed by atoms with E-state index in [2.05, 4.69) is 37.2 Å². The smallest absolute Gasteiger partial charge is 0.326 e. The van der Waals surface area contributed by atoms with Crippen molar-refractivity contribution in [2.75, 3.05) is 34.2 Å². The Hall–Kier alpha value is -6.68. The van der Waals surface area contributed by atoms with Gasteiger partial charge in [0, 0.05) is 12.8 Å². The lowest BCUT2D eigenvalue weighted by atomic mass is 10.0. The molecule has 4 fully saturated rings. The van der Waals surface area contributed by atoms with Crippen LogP contribution in [0.15, 0.2) is 0 Å². The number of likely N-dealkylation sites (N-methyl/N-ethyl adjacent to an activating group) is 3. The standard InChI is InChI=1S/2C7H15NO2.2C6H13NO2.2C5H7NO3.2C5H9NO2.C4H9NO2.C3H7NO2/c2*1-5(2)4-6(8-3)7(9)10;2*1-4(2)3-5(7)6(8)9;2*7-4-2-1-3(6-4)5(8)9;2*7-5(8)4-2-1-3-6-4;1-3(5-2)4(6)7;1-2(4)3(5)6/h2*5-6,8H,4H2,1-3H3,(H,9,10);2*4-5H,3,7H2,1-2H3,(H,8,9);2*3H,1-2H2,(H,6,7)(H,8,9);2*4,6H,1-3H2,(H,7,8);3,5H,1-2H3,(H,6,7);2H,4H2,1H3,(H,5,6)/t;;;;2*3-;;;3-;/m....00..0./s1. The van der Waals surface area contributed by atoms with Gasteiger partial charge in [0.2, 0.25) is 11.8 Å². The van der Waals surface area contributed by atoms with Crippen molar-refractivity contribution in [3.8, 4) is 0 Å². The summed E-state index contributed by atoms with van der Waals surface area (Å²) in [6, 6.07) is -5.14. The van der Waals surface area contributed by atoms with Crippen molar-refractivity contribution in [1.29, 1.82) is 0 Å². The van der Waals surface area contributed by atoms with E-state index in [0.717, 1.165) is 38.8 Å². The molecule has 4 aliphatic heterocycles. The molecule has 0 aliphatic carbocycles. The molecule has 32 heteroatoms. The summed E-state index contributed by atoms with van der Waals surface area (Å²) in [5.74, 6) is -7.23. The van der Waals surface area contributed by atoms with Gasteiger partial charge in [0.1, 0.15) is 60.4 Å². The highest BCUT2D eigenvalue weighted by Crippen LogP contribution is 2.08. The summed E-state index contributed by atoms with van der Waals surface area (Å²) in [5, 5.41) is 101. The fourth-order valence-corrected chi connectivity index (χ4v) is 6.36. The molecule has 0 aromatic rings. The first-order chi connectivity index (χ1) is 39.1. The van der Waals surface area contributed by atoms with Gasteiger partial charge in [-0.2, -0.15) is 0 Å². The molecule has 23 N–H and O–H groups in total. The summed E-state index contributed by atoms with van der Waals surface area (Å²) in [4.78, 5) is 122. The normalized spacial score (nSPS) is 19.0. The van der Waals surface area contributed by atoms with Crippen LogP contribution >= 0.6 is 0 Å². The molecular formula is C53H104N10O22. The lowest BCUT2D eigenvalue weighted by molar-refractivity contribution is -0.140. The first-order valence-electron chi connectivity index (χ1n) is 27.7. The van der Waals surface area contributed by atoms with Gasteiger partial charge in [0.25, 0.3) is 0 Å². The zero-order valence-electron chi connectivity index (χ0n) is 51.6. The molecule has 10 atom stereocenters. The van der Waals surface area contributed by atoms with E-state index in [1.807, 2.05) is 55.4 Å². The third-order valence-electron chi connectivity index (χ3n) is 11.3. The van der Waals surface area contributed by atoms with Crippen molar-refractivity contribution >= 4 is 71.5 Å². The maximum absolute atomic E-state index is 10.4. The van der Waals surface area contributed by atoms with Crippen molar-refractivity contribution in [3.63, 3.8) is 0 Å². The van der Waals surface area contributed by atoms with E-state index in [1.54, 1.807) is 28.1 Å². The number of carboxylic acid groups (broad SMARTS) is 10. The molecule has 0 aromatic carbocycles. The molecule has 32 nitrogen and oxygen atoms in total. The Morgan fingerprint density at radius 1 is 0.412 bits per heavy atom. The van der Waals surface area contributed by atoms with Crippen molar-refractivity contribution in [3.05, 3.63) is 0 Å². The first-order valence-corrected chi connectivity index (χ1v) is 27.7. The number of carbonyl (C=O) groups is 12. The summed E-state index contributed by atoms with van der Waals surface area (Å²) in [7, 11) is 4.95. The summed E-state index contributed by atoms with van der Waals surface area (Å²) < 4.78 is 0. The van der Waals surface area contributed by atoms with Gasteiger partial charge in [-0.05, 0) is 136 Å². The monoisotopic (exact) mass is 1230 g/mol. The van der Waals surface area contributed by atoms with Crippen LogP contribution < -0.4 is 54.4 Å². The average Bonchev–Trinajstić information content (AvgIpc) is 4.26. The predicted octanol–water partition coefficient (Wildman–Crippen LogP) is -0.259. The van der Waals surface area contributed by atoms with Crippen LogP contribution in [0.5, 0.6) is 0 Å². The molecule has 4 saturated heterocycles. The highest BCUT2D eigenvalue weighted by Gasteiger charge is 2.27. The van der Waals surface area contributed by atoms with Crippen LogP contribution in [-0.4, -0.2) is 217 Å². The zero-order chi connectivity index (χ0) is 67.9. The van der Waals surface area contributed by atoms with Crippen LogP contribution in [0.1, 0.15) is 146 Å². The van der Waals surface area contributed by atoms with Gasteiger partial charge >= 0.3 is 59.7 Å². The molecule has 4 rings (SSSR count). The van der Waals surface area contributed by atoms with Crippen LogP contribution in [0, 0.1) is 23.7 Å². The molecule has 4 aliphatic rings. The Kier molecular flexibility index (Phi) is 55.7. The molecular weight excluding hydrogens is 1130 g/mol. The zero-order valence-corrected chi connectivity index (χ0v) is 51.6. The lowest BCUT2D eigenvalue weighted by Gasteiger charge is -2.12. The van der Waals surface area contributed by atoms with Crippen LogP contribution in [0.4, 0.5) is 0 Å². The van der Waals surface area contributed by atoms with Gasteiger partial charge in [-0.15, -0.1) is 0 Å². The number of hydrogen-bond acceptors (Lipinski definition) is 20. The highest BCUT2D eigenvalue weighted by molar-refractivity contribution is 5.87. The van der Waals surface area contributed by atoms with Crippen LogP contribution in [0.3, 0.4) is 0 Å². The SMILES string of the molecule is CC(C)CC(N)C(=O)O.CC(C)CC(N)C(=O)O.CC(N)C(=O)O.CNC(CC(C)C)C(=O)O.CNC(CC(C)C)C(=O)O.CN[C@@H](C)C(=O)O.O=C(O)C1CCCN1.O=C(O)C1CCCN1.O=C1CC[C@@H](C(=O)O)N1.O=C1CC[C@@H](C(=O)O)N1. The minimum Gasteiger partial charge on any atom is -0.480 e. The Balaban J connectivity index is -0.000000204. The number of hydrogen-bond donors (Lipinski definition) is 20. The quantitative estimate of drug-likeness (QED) is 0.0704. The van der Waals surface area contributed by atoms with Crippen molar-refractivity contribution in [1.82, 2.24) is 37.2 Å². The number of aliphatic carboxylic acids is 10. The maximum Gasteiger partial charge on any atom is 0.326 e. The topological polar surface area (TPSA) is 569 Å². The Labute approximate surface area is 497 Å². The molecule has 498 valence electrons. The second-order valence-corrected chi connectivity index (χ2v) is 21.2. The maximum atomic E-state index is 10.4. The third kappa shape index (κ3) is 57.5. The lowest BCUT2D eigenvalue weighted by Crippen LogP contribution is -2.34. The Morgan fingerprint density at radius 3 is 0.753 bits per heavy atom. The molecule has 0 aromatic heterocycles. The fourth-order valence-electron chi connectivity index (χ4n) is 6.36. The van der Waals surface area contributed by atoms with E-state index >= 15 is 0 Å². The number of carboxylic acids is 10. The number of carbonyl (C=O) groups excluding carboxylic acids is 2. The summed E-state index contributed by atoms with van der Waals surface area (Å²) >= 11 is 0. The number of nitrogens with two attached hydrogens (primary N) is 3. The van der Waals surface area contributed by atoms with Crippen molar-refractivity contribution in [2.45, 2.75) is 207 Å². The molecule has 7 unspecified atom stereocenters. The fraction of sp³-hybridized carbons (Fsp3) is 0.774. The summed E-state index contributed by atoms with van der Waals surface area (Å²) in [5.41, 5.74) is 15.3. The van der Waals surface area contributed by atoms with E-state index in [4.69, 9.17) is 68.3 Å². The van der Waals surface area contributed by atoms with Gasteiger partial charge in [-0.25, -0.2) is 9.59 Å². The van der Waals surface area contributed by atoms with Gasteiger partial charge in [0.05, 0.1) is 0 Å². The number of amides is 2. The third-order valence-corrected chi connectivity index (χ3v) is 11.3. The van der Waals surface area contributed by atoms with Crippen molar-refractivity contribution in [2.24, 2.45) is 40.9 Å². The summed E-state index contributed by atoms with van der Waals surface area (Å²) in [6.07, 6.45) is 7.58. The summed E-state index contributed by atoms with van der Waals surface area (Å²) in [6.45, 7) is 20.5. The van der Waals surface area contributed by atoms with Gasteiger partial charge in [0.15, 0.2) is 0 Å². The van der Waals surface area contributed by atoms with E-state index in [0.29, 0.717) is 75.0 Å². The van der Waals surface area contributed by atoms with E-state index < -0.39 is 95.9 Å². The van der Waals surface area contributed by atoms with Gasteiger partial charge in [-0.3, -0.25) is 47.9 Å². The molecule has 0 radical (unpaired) electrons. The average molecular weight is 1230 g/mol. The first kappa shape index (κ1) is 89.5. The number of rotatable bonds is 21. The highest BCUT2D eigenvalue weighted by atomic mass is 16.4. The van der Waals surface area contributed by atoms with Crippen LogP contribution in [0.25, 0.3) is 0 Å². The van der Waals surface area contributed by atoms with Crippen LogP contribution in [0.2, 0.25) is 0 Å². The van der Waals surface area contributed by atoms with Crippen molar-refractivity contribution < 1.29 is 109 Å². The number of nitrogens with one attached hydrogen (secondary N) is 7. The van der Waals surface area contributed by atoms with Crippen LogP contribution in [-0.2, 0) is 57.5 Å². The Morgan fingerprint density at radius 2 is 0.682 bits per heavy atom. The predicted molar refractivity (Wildman–Crippen MR) is 312 cm³/mol. The van der Waals surface area contributed by atoms with E-state index in [1.165, 1.54) is 6.92 Å². The largest absolute Gasteiger partial charge is 0.480 e. The second kappa shape index (κ2) is 52.8. The minimum absolute atomic E-state index is 0.164. The van der Waals surface area contributed by atoms with Gasteiger partial charge in [-0.1, -0.05) is 55.4 Å². The molecule has 0 saturated carbocycles. The van der Waals surface area contributed by atoms with E-state index in [-0.39, 0.29) is 36.0 Å². The second-order valence-electron chi connectivity index (χ2n) is 21.2. The molecule has 85 heavy (non-hydrogen) atoms. The molecule has 0 bridgehead atoms. The van der Waals surface area contributed by atoms with Gasteiger partial charge < -0.3 is 105 Å². The molecule has 2 amide bonds. The molecule has 4 heterocycles. The Bertz CT molecular complexity index is 1830.